The van der Waals surface area contributed by atoms with E-state index in [-0.39, 0.29) is 5.91 Å². The number of carbonyl (C=O) groups excluding carboxylic acids is 1. The van der Waals surface area contributed by atoms with Gasteiger partial charge in [-0.05, 0) is 35.6 Å². The minimum absolute atomic E-state index is 0.137. The van der Waals surface area contributed by atoms with E-state index in [1.807, 2.05) is 25.1 Å². The molecule has 0 radical (unpaired) electrons. The number of nitrogens with zero attached hydrogens (tertiary/aromatic N) is 3. The summed E-state index contributed by atoms with van der Waals surface area (Å²) in [5.41, 5.74) is 3.47. The Hall–Kier alpha value is -2.54. The lowest BCUT2D eigenvalue weighted by Crippen LogP contribution is -2.23. The van der Waals surface area contributed by atoms with Crippen molar-refractivity contribution in [2.75, 3.05) is 0 Å². The Morgan fingerprint density at radius 2 is 2.26 bits per heavy atom. The van der Waals surface area contributed by atoms with Crippen LogP contribution >= 0.6 is 11.5 Å². The highest BCUT2D eigenvalue weighted by atomic mass is 32.1. The maximum Gasteiger partial charge on any atom is 0.265 e. The average Bonchev–Trinajstić information content (AvgIpc) is 3.25. The van der Waals surface area contributed by atoms with Gasteiger partial charge in [0.15, 0.2) is 0 Å². The van der Waals surface area contributed by atoms with Gasteiger partial charge in [0.05, 0.1) is 23.9 Å². The van der Waals surface area contributed by atoms with Gasteiger partial charge in [-0.1, -0.05) is 23.9 Å². The maximum absolute atomic E-state index is 12.2. The average molecular weight is 328 g/mol. The fourth-order valence-corrected chi connectivity index (χ4v) is 2.78. The summed E-state index contributed by atoms with van der Waals surface area (Å²) in [6.45, 7) is 2.47. The molecule has 3 aromatic rings. The highest BCUT2D eigenvalue weighted by Gasteiger charge is 2.15. The zero-order valence-electron chi connectivity index (χ0n) is 12.7. The quantitative estimate of drug-likeness (QED) is 0.752. The first kappa shape index (κ1) is 15.4. The largest absolute Gasteiger partial charge is 0.472 e. The van der Waals surface area contributed by atoms with Crippen LogP contribution in [-0.4, -0.2) is 20.5 Å². The van der Waals surface area contributed by atoms with Crippen LogP contribution in [0.4, 0.5) is 0 Å². The Morgan fingerprint density at radius 3 is 2.96 bits per heavy atom. The summed E-state index contributed by atoms with van der Waals surface area (Å²) in [6.07, 6.45) is 6.71. The molecule has 0 saturated heterocycles. The van der Waals surface area contributed by atoms with Crippen molar-refractivity contribution in [2.45, 2.75) is 26.3 Å². The van der Waals surface area contributed by atoms with E-state index in [4.69, 9.17) is 4.42 Å². The lowest BCUT2D eigenvalue weighted by atomic mass is 10.2. The van der Waals surface area contributed by atoms with E-state index in [2.05, 4.69) is 19.9 Å². The minimum Gasteiger partial charge on any atom is -0.472 e. The predicted molar refractivity (Wildman–Crippen MR) is 87.0 cm³/mol. The lowest BCUT2D eigenvalue weighted by Gasteiger charge is -2.05. The number of amides is 1. The van der Waals surface area contributed by atoms with Crippen LogP contribution in [0.25, 0.3) is 11.3 Å². The van der Waals surface area contributed by atoms with E-state index in [0.717, 1.165) is 46.9 Å². The van der Waals surface area contributed by atoms with Crippen LogP contribution in [0.2, 0.25) is 0 Å². The van der Waals surface area contributed by atoms with Crippen molar-refractivity contribution >= 4 is 17.4 Å². The van der Waals surface area contributed by atoms with Crippen molar-refractivity contribution in [3.05, 3.63) is 53.1 Å². The molecule has 0 aromatic carbocycles. The number of furan rings is 1. The summed E-state index contributed by atoms with van der Waals surface area (Å²) >= 11 is 1.13. The molecule has 0 saturated carbocycles. The van der Waals surface area contributed by atoms with Crippen LogP contribution in [0.3, 0.4) is 0 Å². The molecule has 23 heavy (non-hydrogen) atoms. The van der Waals surface area contributed by atoms with Gasteiger partial charge in [0.1, 0.15) is 4.88 Å². The molecule has 3 heterocycles. The minimum atomic E-state index is -0.137. The summed E-state index contributed by atoms with van der Waals surface area (Å²) in [5, 5.41) is 6.90. The van der Waals surface area contributed by atoms with E-state index >= 15 is 0 Å². The SMILES string of the molecule is CCCc1nnsc1C(=O)NCc1ccc(-c2ccoc2)nc1. The highest BCUT2D eigenvalue weighted by Crippen LogP contribution is 2.17. The first-order valence-corrected chi connectivity index (χ1v) is 8.12. The van der Waals surface area contributed by atoms with Gasteiger partial charge in [-0.3, -0.25) is 9.78 Å². The van der Waals surface area contributed by atoms with Crippen LogP contribution in [0.15, 0.2) is 41.3 Å². The molecular formula is C16H16N4O2S. The zero-order valence-corrected chi connectivity index (χ0v) is 13.5. The predicted octanol–water partition coefficient (Wildman–Crippen LogP) is 3.08. The van der Waals surface area contributed by atoms with E-state index in [1.54, 1.807) is 18.7 Å². The number of carbonyl (C=O) groups is 1. The Bertz CT molecular complexity index is 766. The monoisotopic (exact) mass is 328 g/mol. The molecule has 7 heteroatoms. The second kappa shape index (κ2) is 7.15. The summed E-state index contributed by atoms with van der Waals surface area (Å²) in [7, 11) is 0. The molecule has 3 rings (SSSR count). The van der Waals surface area contributed by atoms with Crippen molar-refractivity contribution in [3.63, 3.8) is 0 Å². The van der Waals surface area contributed by atoms with Gasteiger partial charge >= 0.3 is 0 Å². The normalized spacial score (nSPS) is 10.7. The zero-order chi connectivity index (χ0) is 16.1. The van der Waals surface area contributed by atoms with Crippen molar-refractivity contribution < 1.29 is 9.21 Å². The van der Waals surface area contributed by atoms with Crippen LogP contribution in [0.5, 0.6) is 0 Å². The summed E-state index contributed by atoms with van der Waals surface area (Å²) in [6, 6.07) is 5.70. The van der Waals surface area contributed by atoms with Crippen LogP contribution in [-0.2, 0) is 13.0 Å². The van der Waals surface area contributed by atoms with Gasteiger partial charge < -0.3 is 9.73 Å². The molecule has 1 amide bonds. The first-order valence-electron chi connectivity index (χ1n) is 7.35. The fourth-order valence-electron chi connectivity index (χ4n) is 2.15. The smallest absolute Gasteiger partial charge is 0.265 e. The van der Waals surface area contributed by atoms with Crippen LogP contribution in [0, 0.1) is 0 Å². The number of hydrogen-bond acceptors (Lipinski definition) is 6. The molecule has 3 aromatic heterocycles. The molecule has 0 aliphatic rings. The number of hydrogen-bond donors (Lipinski definition) is 1. The molecule has 0 spiro atoms. The van der Waals surface area contributed by atoms with Crippen LogP contribution in [0.1, 0.15) is 34.3 Å². The summed E-state index contributed by atoms with van der Waals surface area (Å²) in [5.74, 6) is -0.137. The van der Waals surface area contributed by atoms with Crippen molar-refractivity contribution in [1.82, 2.24) is 19.9 Å². The van der Waals surface area contributed by atoms with Gasteiger partial charge in [-0.2, -0.15) is 0 Å². The Balaban J connectivity index is 1.61. The standard InChI is InChI=1S/C16H16N4O2S/c1-2-3-14-15(23-20-19-14)16(21)18-9-11-4-5-13(17-8-11)12-6-7-22-10-12/h4-8,10H,2-3,9H2,1H3,(H,18,21). The Morgan fingerprint density at radius 1 is 1.35 bits per heavy atom. The molecule has 1 N–H and O–H groups in total. The number of nitrogens with one attached hydrogen (secondary N) is 1. The summed E-state index contributed by atoms with van der Waals surface area (Å²) in [4.78, 5) is 17.2. The molecular weight excluding hydrogens is 312 g/mol. The topological polar surface area (TPSA) is 80.9 Å². The second-order valence-electron chi connectivity index (χ2n) is 5.05. The van der Waals surface area contributed by atoms with Gasteiger partial charge in [0.25, 0.3) is 5.91 Å². The van der Waals surface area contributed by atoms with Gasteiger partial charge in [0.2, 0.25) is 0 Å². The van der Waals surface area contributed by atoms with Gasteiger partial charge in [-0.25, -0.2) is 0 Å². The van der Waals surface area contributed by atoms with Gasteiger partial charge in [0, 0.05) is 18.3 Å². The Labute approximate surface area is 137 Å². The number of aryl methyl sites for hydroxylation is 1. The third kappa shape index (κ3) is 3.62. The second-order valence-corrected chi connectivity index (χ2v) is 5.80. The van der Waals surface area contributed by atoms with Crippen molar-refractivity contribution in [1.29, 1.82) is 0 Å². The number of pyridine rings is 1. The summed E-state index contributed by atoms with van der Waals surface area (Å²) < 4.78 is 8.91. The maximum atomic E-state index is 12.2. The molecule has 6 nitrogen and oxygen atoms in total. The molecule has 0 aliphatic heterocycles. The van der Waals surface area contributed by atoms with E-state index in [1.165, 1.54) is 0 Å². The molecule has 0 atom stereocenters. The fraction of sp³-hybridized carbons (Fsp3) is 0.250. The molecule has 0 fully saturated rings. The van der Waals surface area contributed by atoms with Crippen LogP contribution < -0.4 is 5.32 Å². The Kier molecular flexibility index (Phi) is 4.77. The molecule has 0 unspecified atom stereocenters. The number of aromatic nitrogens is 3. The van der Waals surface area contributed by atoms with Gasteiger partial charge in [-0.15, -0.1) is 5.10 Å². The molecule has 118 valence electrons. The number of rotatable bonds is 6. The highest BCUT2D eigenvalue weighted by molar-refractivity contribution is 7.08. The lowest BCUT2D eigenvalue weighted by molar-refractivity contribution is 0.0954. The van der Waals surface area contributed by atoms with E-state index in [0.29, 0.717) is 11.4 Å². The first-order chi connectivity index (χ1) is 11.3. The van der Waals surface area contributed by atoms with E-state index in [9.17, 15) is 4.79 Å². The molecule has 0 bridgehead atoms. The van der Waals surface area contributed by atoms with Crippen molar-refractivity contribution in [3.8, 4) is 11.3 Å². The third-order valence-electron chi connectivity index (χ3n) is 3.34. The van der Waals surface area contributed by atoms with Crippen molar-refractivity contribution in [2.24, 2.45) is 0 Å². The third-order valence-corrected chi connectivity index (χ3v) is 4.11. The molecule has 0 aliphatic carbocycles. The van der Waals surface area contributed by atoms with E-state index < -0.39 is 0 Å².